The Balaban J connectivity index is 0.00000171. The van der Waals surface area contributed by atoms with Gasteiger partial charge in [0.15, 0.2) is 0 Å². The molecule has 0 aliphatic carbocycles. The minimum absolute atomic E-state index is 0.0870. The Bertz CT molecular complexity index is 2320. The van der Waals surface area contributed by atoms with E-state index in [2.05, 4.69) is 193 Å². The maximum Gasteiger partial charge on any atom is 0.0582 e. The number of nitrogens with zero attached hydrogens (tertiary/aromatic N) is 2. The minimum Gasteiger partial charge on any atom is -0.310 e. The summed E-state index contributed by atoms with van der Waals surface area (Å²) in [7, 11) is 0. The third-order valence-electron chi connectivity index (χ3n) is 9.99. The molecule has 0 unspecified atom stereocenters. The summed E-state index contributed by atoms with van der Waals surface area (Å²) in [4.78, 5) is 2.38. The van der Waals surface area contributed by atoms with Crippen molar-refractivity contribution in [3.63, 3.8) is 0 Å². The van der Waals surface area contributed by atoms with Crippen molar-refractivity contribution in [1.82, 2.24) is 4.57 Å². The van der Waals surface area contributed by atoms with Crippen molar-refractivity contribution < 1.29 is 0 Å². The summed E-state index contributed by atoms with van der Waals surface area (Å²) in [5.41, 5.74) is 14.7. The van der Waals surface area contributed by atoms with E-state index < -0.39 is 0 Å². The summed E-state index contributed by atoms with van der Waals surface area (Å²) in [6, 6.07) is 61.8. The van der Waals surface area contributed by atoms with Gasteiger partial charge in [0.2, 0.25) is 0 Å². The van der Waals surface area contributed by atoms with Gasteiger partial charge in [-0.15, -0.1) is 0 Å². The van der Waals surface area contributed by atoms with Crippen LogP contribution in [0.5, 0.6) is 0 Å². The highest BCUT2D eigenvalue weighted by atomic mass is 15.1. The van der Waals surface area contributed by atoms with Gasteiger partial charge in [0.1, 0.15) is 0 Å². The zero-order chi connectivity index (χ0) is 33.5. The highest BCUT2D eigenvalue weighted by Crippen LogP contribution is 2.48. The molecule has 2 nitrogen and oxygen atoms in total. The Morgan fingerprint density at radius 1 is 0.429 bits per heavy atom. The summed E-state index contributed by atoms with van der Waals surface area (Å²) >= 11 is 0. The summed E-state index contributed by atoms with van der Waals surface area (Å²) in [6.07, 6.45) is 0. The normalized spacial score (nSPS) is 12.7. The van der Waals surface area contributed by atoms with Gasteiger partial charge < -0.3 is 9.47 Å². The highest BCUT2D eigenvalue weighted by molar-refractivity contribution is 6.12. The molecule has 0 atom stereocenters. The fourth-order valence-corrected chi connectivity index (χ4v) is 7.61. The Kier molecular flexibility index (Phi) is 7.65. The largest absolute Gasteiger partial charge is 0.310 e. The molecule has 0 saturated heterocycles. The van der Waals surface area contributed by atoms with Crippen LogP contribution in [0.2, 0.25) is 0 Å². The van der Waals surface area contributed by atoms with Crippen molar-refractivity contribution in [2.45, 2.75) is 33.1 Å². The lowest BCUT2D eigenvalue weighted by Gasteiger charge is -2.34. The number of hydrogen-bond donors (Lipinski definition) is 0. The molecule has 0 radical (unpaired) electrons. The van der Waals surface area contributed by atoms with E-state index in [9.17, 15) is 0 Å². The smallest absolute Gasteiger partial charge is 0.0582 e. The quantitative estimate of drug-likeness (QED) is 0.183. The molecule has 0 N–H and O–H groups in total. The van der Waals surface area contributed by atoms with E-state index in [1.807, 2.05) is 13.8 Å². The maximum atomic E-state index is 2.48. The first-order chi connectivity index (χ1) is 24.1. The lowest BCUT2D eigenvalue weighted by molar-refractivity contribution is 0.630. The molecule has 1 aliphatic heterocycles. The van der Waals surface area contributed by atoms with Gasteiger partial charge in [-0.3, -0.25) is 0 Å². The van der Waals surface area contributed by atoms with Crippen LogP contribution in [0.4, 0.5) is 17.1 Å². The molecular weight excluding hydrogens is 593 g/mol. The van der Waals surface area contributed by atoms with Crippen LogP contribution in [0.25, 0.3) is 49.7 Å². The van der Waals surface area contributed by atoms with Crippen LogP contribution < -0.4 is 4.90 Å². The maximum absolute atomic E-state index is 2.48. The second-order valence-electron chi connectivity index (χ2n) is 13.0. The number of rotatable bonds is 5. The van der Waals surface area contributed by atoms with Gasteiger partial charge in [-0.1, -0.05) is 149 Å². The average molecular weight is 633 g/mol. The molecule has 9 rings (SSSR count). The van der Waals surface area contributed by atoms with Crippen molar-refractivity contribution in [3.05, 3.63) is 181 Å². The van der Waals surface area contributed by atoms with Crippen LogP contribution in [-0.2, 0) is 5.41 Å². The molecule has 49 heavy (non-hydrogen) atoms. The molecule has 2 heteroatoms. The molecule has 1 aliphatic rings. The Morgan fingerprint density at radius 3 is 1.51 bits per heavy atom. The average Bonchev–Trinajstić information content (AvgIpc) is 3.50. The molecular formula is C47H40N2. The van der Waals surface area contributed by atoms with E-state index in [0.29, 0.717) is 0 Å². The summed E-state index contributed by atoms with van der Waals surface area (Å²) in [6.45, 7) is 8.71. The molecule has 238 valence electrons. The molecule has 0 amide bonds. The van der Waals surface area contributed by atoms with Crippen molar-refractivity contribution in [1.29, 1.82) is 0 Å². The first-order valence-electron chi connectivity index (χ1n) is 17.4. The van der Waals surface area contributed by atoms with E-state index in [1.165, 1.54) is 60.9 Å². The molecule has 2 heterocycles. The van der Waals surface area contributed by atoms with Gasteiger partial charge in [-0.25, -0.2) is 0 Å². The summed E-state index contributed by atoms with van der Waals surface area (Å²) in [5, 5.41) is 2.55. The SMILES string of the molecule is CC.CC1(C)c2ccccc2-n2c3ccc(N(c4ccc(-c5ccccc5)cc4)c4ccc(-c5ccccc5)cc4)cc3c3cccc1c32. The summed E-state index contributed by atoms with van der Waals surface area (Å²) in [5.74, 6) is 0. The standard InChI is InChI=1S/C45H34N2.C2H6/c1-45(2)40-17-9-10-19-43(40)47-42-29-28-37(30-39(42)38-16-11-18-41(45)44(38)47)46(35-24-20-33(21-25-35)31-12-5-3-6-13-31)36-26-22-34(23-27-36)32-14-7-4-8-15-32;1-2/h3-30H,1-2H3;1-2H3. The lowest BCUT2D eigenvalue weighted by Crippen LogP contribution is -2.26. The predicted molar refractivity (Wildman–Crippen MR) is 210 cm³/mol. The topological polar surface area (TPSA) is 8.17 Å². The number of fused-ring (bicyclic) bond motifs is 5. The van der Waals surface area contributed by atoms with E-state index in [1.54, 1.807) is 0 Å². The van der Waals surface area contributed by atoms with Gasteiger partial charge in [-0.05, 0) is 81.9 Å². The number of hydrogen-bond acceptors (Lipinski definition) is 1. The molecule has 1 aromatic heterocycles. The molecule has 0 fully saturated rings. The molecule has 0 saturated carbocycles. The first kappa shape index (κ1) is 30.5. The van der Waals surface area contributed by atoms with Crippen molar-refractivity contribution in [2.24, 2.45) is 0 Å². The second-order valence-corrected chi connectivity index (χ2v) is 13.0. The van der Waals surface area contributed by atoms with Crippen LogP contribution >= 0.6 is 0 Å². The van der Waals surface area contributed by atoms with Crippen LogP contribution in [-0.4, -0.2) is 4.57 Å². The Morgan fingerprint density at radius 2 is 0.918 bits per heavy atom. The zero-order valence-electron chi connectivity index (χ0n) is 28.6. The van der Waals surface area contributed by atoms with Crippen LogP contribution in [0, 0.1) is 0 Å². The Labute approximate surface area is 289 Å². The van der Waals surface area contributed by atoms with E-state index in [4.69, 9.17) is 0 Å². The second kappa shape index (κ2) is 12.3. The van der Waals surface area contributed by atoms with E-state index in [-0.39, 0.29) is 5.41 Å². The molecule has 0 bridgehead atoms. The van der Waals surface area contributed by atoms with Crippen molar-refractivity contribution in [2.75, 3.05) is 4.90 Å². The Hall–Kier alpha value is -5.86. The fraction of sp³-hybridized carbons (Fsp3) is 0.106. The third-order valence-corrected chi connectivity index (χ3v) is 9.99. The zero-order valence-corrected chi connectivity index (χ0v) is 28.6. The first-order valence-corrected chi connectivity index (χ1v) is 17.4. The summed E-state index contributed by atoms with van der Waals surface area (Å²) < 4.78 is 2.48. The number of benzene rings is 7. The fourth-order valence-electron chi connectivity index (χ4n) is 7.61. The number of anilines is 3. The number of aromatic nitrogens is 1. The highest BCUT2D eigenvalue weighted by Gasteiger charge is 2.34. The van der Waals surface area contributed by atoms with Crippen LogP contribution in [0.15, 0.2) is 170 Å². The third kappa shape index (κ3) is 5.03. The molecule has 8 aromatic rings. The van der Waals surface area contributed by atoms with Crippen LogP contribution in [0.1, 0.15) is 38.8 Å². The van der Waals surface area contributed by atoms with Gasteiger partial charge in [0.05, 0.1) is 16.7 Å². The minimum atomic E-state index is -0.0870. The van der Waals surface area contributed by atoms with E-state index in [0.717, 1.165) is 17.1 Å². The van der Waals surface area contributed by atoms with Gasteiger partial charge in [0.25, 0.3) is 0 Å². The van der Waals surface area contributed by atoms with Crippen LogP contribution in [0.3, 0.4) is 0 Å². The predicted octanol–water partition coefficient (Wildman–Crippen LogP) is 13.3. The van der Waals surface area contributed by atoms with E-state index >= 15 is 0 Å². The van der Waals surface area contributed by atoms with Gasteiger partial charge in [0, 0.05) is 33.2 Å². The lowest BCUT2D eigenvalue weighted by atomic mass is 9.75. The molecule has 0 spiro atoms. The van der Waals surface area contributed by atoms with Gasteiger partial charge in [-0.2, -0.15) is 0 Å². The molecule has 7 aromatic carbocycles. The van der Waals surface area contributed by atoms with Gasteiger partial charge >= 0.3 is 0 Å². The monoisotopic (exact) mass is 632 g/mol. The van der Waals surface area contributed by atoms with Crippen molar-refractivity contribution in [3.8, 4) is 27.9 Å². The number of para-hydroxylation sites is 2. The van der Waals surface area contributed by atoms with Crippen molar-refractivity contribution >= 4 is 38.9 Å².